The molecule has 0 fully saturated rings. The van der Waals surface area contributed by atoms with E-state index in [9.17, 15) is 9.59 Å². The zero-order valence-corrected chi connectivity index (χ0v) is 19.6. The Morgan fingerprint density at radius 2 is 1.84 bits per heavy atom. The molecule has 31 heavy (non-hydrogen) atoms. The molecule has 2 aromatic heterocycles. The van der Waals surface area contributed by atoms with E-state index in [1.807, 2.05) is 17.5 Å². The molecule has 1 aliphatic rings. The monoisotopic (exact) mass is 494 g/mol. The van der Waals surface area contributed by atoms with Crippen LogP contribution in [0.2, 0.25) is 0 Å². The van der Waals surface area contributed by atoms with Crippen molar-refractivity contribution in [1.82, 2.24) is 4.98 Å². The summed E-state index contributed by atoms with van der Waals surface area (Å²) in [5, 5.41) is 2.79. The Morgan fingerprint density at radius 3 is 2.48 bits per heavy atom. The van der Waals surface area contributed by atoms with Gasteiger partial charge in [-0.25, -0.2) is 4.98 Å². The summed E-state index contributed by atoms with van der Waals surface area (Å²) >= 11 is 4.78. The third-order valence-electron chi connectivity index (χ3n) is 5.55. The van der Waals surface area contributed by atoms with Gasteiger partial charge in [-0.1, -0.05) is 61.0 Å². The van der Waals surface area contributed by atoms with Gasteiger partial charge in [-0.2, -0.15) is 0 Å². The van der Waals surface area contributed by atoms with E-state index in [1.165, 1.54) is 16.9 Å². The Balaban J connectivity index is 1.77. The zero-order chi connectivity index (χ0) is 21.9. The highest BCUT2D eigenvalue weighted by Gasteiger charge is 2.44. The van der Waals surface area contributed by atoms with Crippen molar-refractivity contribution in [2.75, 3.05) is 4.90 Å². The number of halogens is 1. The SMILES string of the molecule is CC(C)(C)c1ccc(C2c3c(oc4ccc(Br)cc4c3=O)C(=O)N2c2nccs2)cc1. The summed E-state index contributed by atoms with van der Waals surface area (Å²) in [7, 11) is 0. The van der Waals surface area contributed by atoms with Crippen LogP contribution in [0.3, 0.4) is 0 Å². The number of fused-ring (bicyclic) bond motifs is 2. The largest absolute Gasteiger partial charge is 0.450 e. The van der Waals surface area contributed by atoms with Gasteiger partial charge >= 0.3 is 0 Å². The van der Waals surface area contributed by atoms with E-state index in [0.29, 0.717) is 21.7 Å². The molecule has 1 amide bonds. The first-order valence-corrected chi connectivity index (χ1v) is 11.5. The second kappa shape index (κ2) is 7.14. The van der Waals surface area contributed by atoms with Gasteiger partial charge < -0.3 is 4.42 Å². The quantitative estimate of drug-likeness (QED) is 0.339. The fourth-order valence-corrected chi connectivity index (χ4v) is 4.99. The van der Waals surface area contributed by atoms with E-state index < -0.39 is 6.04 Å². The van der Waals surface area contributed by atoms with Crippen molar-refractivity contribution < 1.29 is 9.21 Å². The molecule has 0 bridgehead atoms. The van der Waals surface area contributed by atoms with E-state index >= 15 is 0 Å². The number of aromatic nitrogens is 1. The topological polar surface area (TPSA) is 63.4 Å². The predicted molar refractivity (Wildman–Crippen MR) is 126 cm³/mol. The molecule has 1 unspecified atom stereocenters. The van der Waals surface area contributed by atoms with Crippen LogP contribution in [0.1, 0.15) is 54.1 Å². The lowest BCUT2D eigenvalue weighted by atomic mass is 9.86. The number of benzene rings is 2. The molecule has 0 aliphatic carbocycles. The van der Waals surface area contributed by atoms with Crippen LogP contribution in [0, 0.1) is 0 Å². The van der Waals surface area contributed by atoms with Gasteiger partial charge in [-0.05, 0) is 34.7 Å². The first kappa shape index (κ1) is 20.2. The molecule has 0 N–H and O–H groups in total. The first-order valence-electron chi connectivity index (χ1n) is 9.85. The highest BCUT2D eigenvalue weighted by Crippen LogP contribution is 2.42. The summed E-state index contributed by atoms with van der Waals surface area (Å²) in [4.78, 5) is 32.9. The molecule has 4 aromatic rings. The highest BCUT2D eigenvalue weighted by molar-refractivity contribution is 9.10. The smallest absolute Gasteiger partial charge is 0.297 e. The second-order valence-corrected chi connectivity index (χ2v) is 10.4. The summed E-state index contributed by atoms with van der Waals surface area (Å²) in [5.41, 5.74) is 2.57. The number of hydrogen-bond donors (Lipinski definition) is 0. The van der Waals surface area contributed by atoms with Crippen LogP contribution < -0.4 is 10.3 Å². The van der Waals surface area contributed by atoms with E-state index in [-0.39, 0.29) is 22.5 Å². The number of rotatable bonds is 2. The molecular formula is C24H19BrN2O3S. The molecular weight excluding hydrogens is 476 g/mol. The average Bonchev–Trinajstić information content (AvgIpc) is 3.35. The van der Waals surface area contributed by atoms with E-state index in [4.69, 9.17) is 4.42 Å². The molecule has 1 aliphatic heterocycles. The third kappa shape index (κ3) is 3.23. The van der Waals surface area contributed by atoms with Crippen LogP contribution in [0.25, 0.3) is 11.0 Å². The number of thiazole rings is 1. The minimum Gasteiger partial charge on any atom is -0.450 e. The standard InChI is InChI=1S/C24H19BrN2O3S/c1-24(2,3)14-6-4-13(5-7-14)19-18-20(28)16-12-15(25)8-9-17(16)30-21(18)22(29)27(19)23-26-10-11-31-23/h4-12,19H,1-3H3. The van der Waals surface area contributed by atoms with E-state index in [1.54, 1.807) is 29.3 Å². The maximum Gasteiger partial charge on any atom is 0.297 e. The summed E-state index contributed by atoms with van der Waals surface area (Å²) in [6.45, 7) is 6.45. The van der Waals surface area contributed by atoms with Gasteiger partial charge in [0.15, 0.2) is 10.6 Å². The third-order valence-corrected chi connectivity index (χ3v) is 6.81. The van der Waals surface area contributed by atoms with Crippen molar-refractivity contribution >= 4 is 49.3 Å². The molecule has 0 radical (unpaired) electrons. The first-order chi connectivity index (χ1) is 14.8. The second-order valence-electron chi connectivity index (χ2n) is 8.58. The number of hydrogen-bond acceptors (Lipinski definition) is 5. The van der Waals surface area contributed by atoms with Crippen LogP contribution in [0.15, 0.2) is 67.7 Å². The van der Waals surface area contributed by atoms with Crippen molar-refractivity contribution in [1.29, 1.82) is 0 Å². The lowest BCUT2D eigenvalue weighted by Gasteiger charge is -2.24. The molecule has 5 nitrogen and oxygen atoms in total. The van der Waals surface area contributed by atoms with Gasteiger partial charge in [0.25, 0.3) is 5.91 Å². The maximum absolute atomic E-state index is 13.6. The van der Waals surface area contributed by atoms with E-state index in [2.05, 4.69) is 53.8 Å². The zero-order valence-electron chi connectivity index (χ0n) is 17.2. The van der Waals surface area contributed by atoms with Crippen molar-refractivity contribution in [3.05, 3.63) is 91.2 Å². The molecule has 0 saturated carbocycles. The molecule has 5 rings (SSSR count). The summed E-state index contributed by atoms with van der Waals surface area (Å²) in [5.74, 6) is -0.267. The Labute approximate surface area is 191 Å². The minimum atomic E-state index is -0.595. The lowest BCUT2D eigenvalue weighted by Crippen LogP contribution is -2.29. The normalized spacial score (nSPS) is 16.2. The number of carbonyl (C=O) groups excluding carboxylic acids is 1. The predicted octanol–water partition coefficient (Wildman–Crippen LogP) is 6.06. The fourth-order valence-electron chi connectivity index (χ4n) is 3.96. The number of carbonyl (C=O) groups is 1. The van der Waals surface area contributed by atoms with Crippen molar-refractivity contribution in [3.8, 4) is 0 Å². The molecule has 0 saturated heterocycles. The highest BCUT2D eigenvalue weighted by atomic mass is 79.9. The van der Waals surface area contributed by atoms with Gasteiger partial charge in [-0.3, -0.25) is 14.5 Å². The Kier molecular flexibility index (Phi) is 4.64. The van der Waals surface area contributed by atoms with Gasteiger partial charge in [0.05, 0.1) is 17.0 Å². The van der Waals surface area contributed by atoms with Crippen molar-refractivity contribution in [2.24, 2.45) is 0 Å². The van der Waals surface area contributed by atoms with Crippen molar-refractivity contribution in [3.63, 3.8) is 0 Å². The number of nitrogens with zero attached hydrogens (tertiary/aromatic N) is 2. The van der Waals surface area contributed by atoms with Crippen LogP contribution in [-0.2, 0) is 5.41 Å². The van der Waals surface area contributed by atoms with Crippen LogP contribution in [-0.4, -0.2) is 10.9 Å². The lowest BCUT2D eigenvalue weighted by molar-refractivity contribution is 0.0971. The molecule has 3 heterocycles. The summed E-state index contributed by atoms with van der Waals surface area (Å²) in [6.07, 6.45) is 1.65. The van der Waals surface area contributed by atoms with Crippen molar-refractivity contribution in [2.45, 2.75) is 32.2 Å². The van der Waals surface area contributed by atoms with Crippen LogP contribution >= 0.6 is 27.3 Å². The van der Waals surface area contributed by atoms with Gasteiger partial charge in [0.2, 0.25) is 5.76 Å². The van der Waals surface area contributed by atoms with E-state index in [0.717, 1.165) is 10.0 Å². The minimum absolute atomic E-state index is 0.00155. The summed E-state index contributed by atoms with van der Waals surface area (Å²) in [6, 6.07) is 12.7. The van der Waals surface area contributed by atoms with Gasteiger partial charge in [-0.15, -0.1) is 11.3 Å². The van der Waals surface area contributed by atoms with Gasteiger partial charge in [0, 0.05) is 16.0 Å². The Bertz CT molecular complexity index is 1370. The van der Waals surface area contributed by atoms with Crippen LogP contribution in [0.4, 0.5) is 5.13 Å². The van der Waals surface area contributed by atoms with Gasteiger partial charge in [0.1, 0.15) is 5.58 Å². The molecule has 0 spiro atoms. The Hall–Kier alpha value is -2.77. The maximum atomic E-state index is 13.6. The number of anilines is 1. The number of amides is 1. The molecule has 2 aromatic carbocycles. The molecule has 156 valence electrons. The van der Waals surface area contributed by atoms with Crippen LogP contribution in [0.5, 0.6) is 0 Å². The fraction of sp³-hybridized carbons (Fsp3) is 0.208. The Morgan fingerprint density at radius 1 is 1.10 bits per heavy atom. The molecule has 1 atom stereocenters. The molecule has 7 heteroatoms. The summed E-state index contributed by atoms with van der Waals surface area (Å²) < 4.78 is 6.75. The average molecular weight is 495 g/mol.